The summed E-state index contributed by atoms with van der Waals surface area (Å²) in [5, 5.41) is 9.01. The summed E-state index contributed by atoms with van der Waals surface area (Å²) in [5.41, 5.74) is 1.60. The number of benzene rings is 1. The first-order valence-corrected chi connectivity index (χ1v) is 11.1. The van der Waals surface area contributed by atoms with Crippen LogP contribution in [-0.4, -0.2) is 50.1 Å². The van der Waals surface area contributed by atoms with Crippen molar-refractivity contribution >= 4 is 47.2 Å². The van der Waals surface area contributed by atoms with Crippen molar-refractivity contribution in [3.05, 3.63) is 57.8 Å². The second kappa shape index (κ2) is 12.9. The summed E-state index contributed by atoms with van der Waals surface area (Å²) in [4.78, 5) is 20.2. The van der Waals surface area contributed by atoms with Gasteiger partial charge in [0.15, 0.2) is 5.96 Å². The van der Waals surface area contributed by atoms with Crippen LogP contribution >= 0.6 is 35.3 Å². The van der Waals surface area contributed by atoms with Crippen LogP contribution < -0.4 is 10.6 Å². The summed E-state index contributed by atoms with van der Waals surface area (Å²) >= 11 is 1.82. The van der Waals surface area contributed by atoms with Crippen molar-refractivity contribution in [3.8, 4) is 0 Å². The molecule has 8 heteroatoms. The Morgan fingerprint density at radius 2 is 1.93 bits per heavy atom. The molecule has 2 heterocycles. The number of ether oxygens (including phenoxy) is 1. The van der Waals surface area contributed by atoms with Gasteiger partial charge in [-0.1, -0.05) is 18.2 Å². The number of halogens is 1. The van der Waals surface area contributed by atoms with Gasteiger partial charge >= 0.3 is 5.97 Å². The Balaban J connectivity index is 0.00000320. The minimum atomic E-state index is -0.323. The normalized spacial score (nSPS) is 15.3. The SMILES string of the molecule is CCNC(=NCc1ccc(C(=O)OC)cc1)NCC(c1cccs1)N1CCCC1.I. The number of carbonyl (C=O) groups is 1. The van der Waals surface area contributed by atoms with Gasteiger partial charge < -0.3 is 15.4 Å². The van der Waals surface area contributed by atoms with E-state index in [4.69, 9.17) is 9.73 Å². The van der Waals surface area contributed by atoms with Crippen molar-refractivity contribution in [2.75, 3.05) is 33.3 Å². The van der Waals surface area contributed by atoms with Crippen LogP contribution in [0.5, 0.6) is 0 Å². The van der Waals surface area contributed by atoms with E-state index < -0.39 is 0 Å². The second-order valence-electron chi connectivity index (χ2n) is 7.04. The van der Waals surface area contributed by atoms with E-state index in [0.717, 1.165) is 37.7 Å². The van der Waals surface area contributed by atoms with Crippen LogP contribution in [-0.2, 0) is 11.3 Å². The van der Waals surface area contributed by atoms with Gasteiger partial charge in [0.25, 0.3) is 0 Å². The largest absolute Gasteiger partial charge is 0.465 e. The Hall–Kier alpha value is -1.65. The predicted octanol–water partition coefficient (Wildman–Crippen LogP) is 4.04. The molecule has 1 saturated heterocycles. The van der Waals surface area contributed by atoms with E-state index in [1.807, 2.05) is 23.5 Å². The first-order chi connectivity index (χ1) is 14.2. The summed E-state index contributed by atoms with van der Waals surface area (Å²) < 4.78 is 4.74. The third-order valence-corrected chi connectivity index (χ3v) is 6.03. The Morgan fingerprint density at radius 1 is 1.20 bits per heavy atom. The summed E-state index contributed by atoms with van der Waals surface area (Å²) in [6, 6.07) is 12.1. The summed E-state index contributed by atoms with van der Waals surface area (Å²) in [5.74, 6) is 0.488. The number of nitrogens with one attached hydrogen (secondary N) is 2. The number of nitrogens with zero attached hydrogens (tertiary/aromatic N) is 2. The van der Waals surface area contributed by atoms with E-state index in [0.29, 0.717) is 18.2 Å². The molecule has 30 heavy (non-hydrogen) atoms. The number of likely N-dealkylation sites (tertiary alicyclic amines) is 1. The molecule has 1 unspecified atom stereocenters. The topological polar surface area (TPSA) is 66.0 Å². The number of hydrogen-bond donors (Lipinski definition) is 2. The molecule has 0 spiro atoms. The van der Waals surface area contributed by atoms with Crippen LogP contribution in [0.25, 0.3) is 0 Å². The van der Waals surface area contributed by atoms with Gasteiger partial charge in [0.2, 0.25) is 0 Å². The van der Waals surface area contributed by atoms with Crippen LogP contribution in [0, 0.1) is 0 Å². The Bertz CT molecular complexity index is 790. The van der Waals surface area contributed by atoms with E-state index in [1.165, 1.54) is 24.8 Å². The molecule has 1 atom stereocenters. The fraction of sp³-hybridized carbons (Fsp3) is 0.455. The van der Waals surface area contributed by atoms with Crippen LogP contribution in [0.3, 0.4) is 0 Å². The maximum Gasteiger partial charge on any atom is 0.337 e. The lowest BCUT2D eigenvalue weighted by Gasteiger charge is -2.27. The molecule has 1 fully saturated rings. The zero-order chi connectivity index (χ0) is 20.5. The molecule has 1 aromatic carbocycles. The number of methoxy groups -OCH3 is 1. The Morgan fingerprint density at radius 3 is 2.53 bits per heavy atom. The van der Waals surface area contributed by atoms with E-state index in [2.05, 4.69) is 40.0 Å². The molecule has 0 saturated carbocycles. The van der Waals surface area contributed by atoms with Crippen LogP contribution in [0.1, 0.15) is 46.6 Å². The lowest BCUT2D eigenvalue weighted by atomic mass is 10.1. The number of hydrogen-bond acceptors (Lipinski definition) is 5. The Kier molecular flexibility index (Phi) is 10.6. The van der Waals surface area contributed by atoms with Crippen LogP contribution in [0.4, 0.5) is 0 Å². The standard InChI is InChI=1S/C22H30N4O2S.HI/c1-3-23-22(24-15-17-8-10-18(11-9-17)21(27)28-2)25-16-19(20-7-6-14-29-20)26-12-4-5-13-26;/h6-11,14,19H,3-5,12-13,15-16H2,1-2H3,(H2,23,24,25);1H. The predicted molar refractivity (Wildman–Crippen MR) is 134 cm³/mol. The van der Waals surface area contributed by atoms with E-state index in [-0.39, 0.29) is 29.9 Å². The van der Waals surface area contributed by atoms with E-state index in [9.17, 15) is 4.79 Å². The molecule has 0 bridgehead atoms. The highest BCUT2D eigenvalue weighted by molar-refractivity contribution is 14.0. The lowest BCUT2D eigenvalue weighted by molar-refractivity contribution is 0.0600. The molecule has 0 aliphatic carbocycles. The number of thiophene rings is 1. The number of esters is 1. The number of rotatable bonds is 8. The highest BCUT2D eigenvalue weighted by atomic mass is 127. The van der Waals surface area contributed by atoms with Crippen molar-refractivity contribution in [2.24, 2.45) is 4.99 Å². The minimum Gasteiger partial charge on any atom is -0.465 e. The van der Waals surface area contributed by atoms with Crippen molar-refractivity contribution in [1.29, 1.82) is 0 Å². The zero-order valence-electron chi connectivity index (χ0n) is 17.6. The molecule has 0 amide bonds. The van der Waals surface area contributed by atoms with Crippen molar-refractivity contribution in [1.82, 2.24) is 15.5 Å². The molecular weight excluding hydrogens is 511 g/mol. The molecule has 2 aromatic rings. The first kappa shape index (κ1) is 24.6. The highest BCUT2D eigenvalue weighted by Crippen LogP contribution is 2.27. The van der Waals surface area contributed by atoms with Gasteiger partial charge in [-0.2, -0.15) is 0 Å². The molecule has 164 valence electrons. The van der Waals surface area contributed by atoms with Crippen LogP contribution in [0.2, 0.25) is 0 Å². The molecule has 0 radical (unpaired) electrons. The third-order valence-electron chi connectivity index (χ3n) is 5.05. The zero-order valence-corrected chi connectivity index (χ0v) is 20.7. The smallest absolute Gasteiger partial charge is 0.337 e. The van der Waals surface area contributed by atoms with Gasteiger partial charge in [0.1, 0.15) is 0 Å². The molecule has 1 aliphatic rings. The van der Waals surface area contributed by atoms with E-state index in [1.54, 1.807) is 12.1 Å². The maximum atomic E-state index is 11.6. The molecule has 1 aromatic heterocycles. The fourth-order valence-corrected chi connectivity index (χ4v) is 4.37. The Labute approximate surface area is 200 Å². The van der Waals surface area contributed by atoms with Crippen molar-refractivity contribution in [3.63, 3.8) is 0 Å². The first-order valence-electron chi connectivity index (χ1n) is 10.2. The van der Waals surface area contributed by atoms with Crippen molar-refractivity contribution < 1.29 is 9.53 Å². The number of carbonyl (C=O) groups excluding carboxylic acids is 1. The van der Waals surface area contributed by atoms with Gasteiger partial charge in [-0.15, -0.1) is 35.3 Å². The monoisotopic (exact) mass is 542 g/mol. The molecule has 3 rings (SSSR count). The summed E-state index contributed by atoms with van der Waals surface area (Å²) in [6.45, 7) is 6.56. The quantitative estimate of drug-likeness (QED) is 0.228. The fourth-order valence-electron chi connectivity index (χ4n) is 3.51. The molecule has 6 nitrogen and oxygen atoms in total. The van der Waals surface area contributed by atoms with Crippen molar-refractivity contribution in [2.45, 2.75) is 32.4 Å². The average molecular weight is 542 g/mol. The third kappa shape index (κ3) is 6.95. The van der Waals surface area contributed by atoms with Gasteiger partial charge in [-0.25, -0.2) is 9.79 Å². The average Bonchev–Trinajstić information content (AvgIpc) is 3.47. The van der Waals surface area contributed by atoms with Crippen LogP contribution in [0.15, 0.2) is 46.8 Å². The maximum absolute atomic E-state index is 11.6. The second-order valence-corrected chi connectivity index (χ2v) is 8.02. The molecular formula is C22H31IN4O2S. The number of aliphatic imine (C=N–C) groups is 1. The highest BCUT2D eigenvalue weighted by Gasteiger charge is 2.24. The summed E-state index contributed by atoms with van der Waals surface area (Å²) in [6.07, 6.45) is 2.55. The summed E-state index contributed by atoms with van der Waals surface area (Å²) in [7, 11) is 1.39. The van der Waals surface area contributed by atoms with Gasteiger partial charge in [-0.05, 0) is 62.0 Å². The van der Waals surface area contributed by atoms with E-state index >= 15 is 0 Å². The van der Waals surface area contributed by atoms with Gasteiger partial charge in [0, 0.05) is 18.0 Å². The minimum absolute atomic E-state index is 0. The lowest BCUT2D eigenvalue weighted by Crippen LogP contribution is -2.42. The molecule has 2 N–H and O–H groups in total. The van der Waals surface area contributed by atoms with Gasteiger partial charge in [-0.3, -0.25) is 4.90 Å². The number of guanidine groups is 1. The molecule has 1 aliphatic heterocycles. The van der Waals surface area contributed by atoms with Gasteiger partial charge in [0.05, 0.1) is 25.3 Å².